The first kappa shape index (κ1) is 13.2. The molecule has 0 N–H and O–H groups in total. The predicted octanol–water partition coefficient (Wildman–Crippen LogP) is 3.66. The van der Waals surface area contributed by atoms with E-state index in [0.717, 1.165) is 23.2 Å². The number of halogens is 2. The van der Waals surface area contributed by atoms with Crippen LogP contribution in [0.2, 0.25) is 5.15 Å². The molecule has 2 atom stereocenters. The van der Waals surface area contributed by atoms with Gasteiger partial charge in [-0.3, -0.25) is 0 Å². The summed E-state index contributed by atoms with van der Waals surface area (Å²) in [5.41, 5.74) is 2.89. The van der Waals surface area contributed by atoms with Crippen LogP contribution in [0.3, 0.4) is 0 Å². The van der Waals surface area contributed by atoms with Crippen LogP contribution in [-0.4, -0.2) is 14.6 Å². The molecule has 0 amide bonds. The first-order valence-electron chi connectivity index (χ1n) is 6.86. The molecule has 0 bridgehead atoms. The lowest BCUT2D eigenvalue weighted by molar-refractivity contribution is 0.623. The zero-order valence-corrected chi connectivity index (χ0v) is 12.1. The van der Waals surface area contributed by atoms with E-state index in [0.29, 0.717) is 5.15 Å². The third-order valence-corrected chi connectivity index (χ3v) is 4.27. The molecular formula is C16H10ClFN4. The molecule has 0 radical (unpaired) electrons. The molecule has 2 aromatic heterocycles. The molecule has 0 unspecified atom stereocenters. The Morgan fingerprint density at radius 2 is 2.18 bits per heavy atom. The summed E-state index contributed by atoms with van der Waals surface area (Å²) in [4.78, 5) is 4.33. The monoisotopic (exact) mass is 312 g/mol. The fourth-order valence-electron chi connectivity index (χ4n) is 2.95. The van der Waals surface area contributed by atoms with E-state index in [9.17, 15) is 4.39 Å². The van der Waals surface area contributed by atoms with Gasteiger partial charge in [-0.05, 0) is 42.0 Å². The number of rotatable bonds is 2. The molecular weight excluding hydrogens is 303 g/mol. The highest BCUT2D eigenvalue weighted by Crippen LogP contribution is 2.55. The van der Waals surface area contributed by atoms with Crippen molar-refractivity contribution in [1.29, 1.82) is 5.26 Å². The molecule has 22 heavy (non-hydrogen) atoms. The van der Waals surface area contributed by atoms with Gasteiger partial charge in [0.15, 0.2) is 5.65 Å². The molecule has 2 heterocycles. The first-order chi connectivity index (χ1) is 10.7. The minimum absolute atomic E-state index is 0.0851. The molecule has 4 nitrogen and oxygen atoms in total. The van der Waals surface area contributed by atoms with Crippen molar-refractivity contribution in [2.45, 2.75) is 18.3 Å². The van der Waals surface area contributed by atoms with E-state index in [1.54, 1.807) is 29.0 Å². The lowest BCUT2D eigenvalue weighted by Gasteiger charge is -2.05. The Hall–Kier alpha value is -2.45. The Morgan fingerprint density at radius 3 is 3.00 bits per heavy atom. The summed E-state index contributed by atoms with van der Waals surface area (Å²) in [6.45, 7) is 0. The van der Waals surface area contributed by atoms with Gasteiger partial charge in [-0.25, -0.2) is 13.9 Å². The summed E-state index contributed by atoms with van der Waals surface area (Å²) in [5, 5.41) is 13.5. The number of benzene rings is 1. The Labute approximate surface area is 130 Å². The quantitative estimate of drug-likeness (QED) is 0.725. The normalized spacial score (nSPS) is 20.0. The van der Waals surface area contributed by atoms with Crippen molar-refractivity contribution in [2.75, 3.05) is 0 Å². The van der Waals surface area contributed by atoms with Gasteiger partial charge < -0.3 is 0 Å². The number of nitriles is 1. The summed E-state index contributed by atoms with van der Waals surface area (Å²) in [7, 11) is 0. The highest BCUT2D eigenvalue weighted by Gasteiger charge is 2.41. The standard InChI is InChI=1S/C16H10ClFN4/c17-15-7-13(16-20-3-4-22(16)21-15)12-6-11(12)9-1-2-14(18)10(5-9)8-19/h1-5,7,11-12H,6H2/t11-,12+/m1/s1. The van der Waals surface area contributed by atoms with Crippen LogP contribution < -0.4 is 0 Å². The van der Waals surface area contributed by atoms with E-state index in [1.165, 1.54) is 6.07 Å². The molecule has 3 aromatic rings. The van der Waals surface area contributed by atoms with Crippen LogP contribution in [0.15, 0.2) is 36.7 Å². The maximum absolute atomic E-state index is 13.4. The topological polar surface area (TPSA) is 54.0 Å². The molecule has 1 aliphatic carbocycles. The Balaban J connectivity index is 1.72. The third kappa shape index (κ3) is 2.04. The minimum Gasteiger partial charge on any atom is -0.235 e. The number of fused-ring (bicyclic) bond motifs is 1. The summed E-state index contributed by atoms with van der Waals surface area (Å²) in [6, 6.07) is 8.45. The lowest BCUT2D eigenvalue weighted by Crippen LogP contribution is -1.97. The van der Waals surface area contributed by atoms with Gasteiger partial charge in [0, 0.05) is 18.0 Å². The summed E-state index contributed by atoms with van der Waals surface area (Å²) in [5.74, 6) is 0.0418. The lowest BCUT2D eigenvalue weighted by atomic mass is 10.0. The van der Waals surface area contributed by atoms with Crippen molar-refractivity contribution >= 4 is 17.2 Å². The maximum atomic E-state index is 13.4. The van der Waals surface area contributed by atoms with E-state index in [2.05, 4.69) is 10.1 Å². The van der Waals surface area contributed by atoms with Crippen LogP contribution in [0, 0.1) is 17.1 Å². The Kier molecular flexibility index (Phi) is 2.88. The SMILES string of the molecule is N#Cc1cc([C@H]2C[C@@H]2c2cc(Cl)nn3ccnc23)ccc1F. The first-order valence-corrected chi connectivity index (χ1v) is 7.24. The van der Waals surface area contributed by atoms with Crippen LogP contribution in [0.4, 0.5) is 4.39 Å². The zero-order valence-electron chi connectivity index (χ0n) is 11.4. The average Bonchev–Trinajstić information content (AvgIpc) is 3.17. The number of hydrogen-bond donors (Lipinski definition) is 0. The van der Waals surface area contributed by atoms with E-state index in [1.807, 2.05) is 12.1 Å². The van der Waals surface area contributed by atoms with Crippen molar-refractivity contribution < 1.29 is 4.39 Å². The van der Waals surface area contributed by atoms with E-state index in [4.69, 9.17) is 16.9 Å². The number of imidazole rings is 1. The van der Waals surface area contributed by atoms with Crippen molar-refractivity contribution in [3.05, 3.63) is 64.3 Å². The molecule has 108 valence electrons. The molecule has 0 spiro atoms. The van der Waals surface area contributed by atoms with Crippen LogP contribution in [0.25, 0.3) is 5.65 Å². The minimum atomic E-state index is -0.481. The van der Waals surface area contributed by atoms with Crippen molar-refractivity contribution in [3.63, 3.8) is 0 Å². The van der Waals surface area contributed by atoms with Gasteiger partial charge in [-0.2, -0.15) is 10.4 Å². The van der Waals surface area contributed by atoms with Crippen LogP contribution in [-0.2, 0) is 0 Å². The van der Waals surface area contributed by atoms with Crippen LogP contribution >= 0.6 is 11.6 Å². The second-order valence-corrected chi connectivity index (χ2v) is 5.80. The largest absolute Gasteiger partial charge is 0.235 e. The maximum Gasteiger partial charge on any atom is 0.157 e. The molecule has 4 rings (SSSR count). The van der Waals surface area contributed by atoms with Gasteiger partial charge in [0.05, 0.1) is 5.56 Å². The second kappa shape index (κ2) is 4.79. The van der Waals surface area contributed by atoms with Gasteiger partial charge in [0.2, 0.25) is 0 Å². The highest BCUT2D eigenvalue weighted by molar-refractivity contribution is 6.29. The van der Waals surface area contributed by atoms with Gasteiger partial charge >= 0.3 is 0 Å². The van der Waals surface area contributed by atoms with Crippen molar-refractivity contribution in [3.8, 4) is 6.07 Å². The van der Waals surface area contributed by atoms with Gasteiger partial charge in [0.1, 0.15) is 17.0 Å². The Morgan fingerprint density at radius 1 is 1.32 bits per heavy atom. The van der Waals surface area contributed by atoms with Crippen molar-refractivity contribution in [1.82, 2.24) is 14.6 Å². The number of hydrogen-bond acceptors (Lipinski definition) is 3. The van der Waals surface area contributed by atoms with Gasteiger partial charge in [-0.15, -0.1) is 0 Å². The Bertz CT molecular complexity index is 928. The van der Waals surface area contributed by atoms with Gasteiger partial charge in [-0.1, -0.05) is 17.7 Å². The smallest absolute Gasteiger partial charge is 0.157 e. The fourth-order valence-corrected chi connectivity index (χ4v) is 3.15. The third-order valence-electron chi connectivity index (χ3n) is 4.09. The van der Waals surface area contributed by atoms with Crippen LogP contribution in [0.1, 0.15) is 34.9 Å². The molecule has 0 aliphatic heterocycles. The molecule has 1 aromatic carbocycles. The summed E-state index contributed by atoms with van der Waals surface area (Å²) in [6.07, 6.45) is 4.37. The van der Waals surface area contributed by atoms with Crippen molar-refractivity contribution in [2.24, 2.45) is 0 Å². The molecule has 6 heteroatoms. The highest BCUT2D eigenvalue weighted by atomic mass is 35.5. The average molecular weight is 313 g/mol. The zero-order chi connectivity index (χ0) is 15.3. The number of aromatic nitrogens is 3. The fraction of sp³-hybridized carbons (Fsp3) is 0.188. The van der Waals surface area contributed by atoms with Gasteiger partial charge in [0.25, 0.3) is 0 Å². The molecule has 1 aliphatic rings. The van der Waals surface area contributed by atoms with E-state index < -0.39 is 5.82 Å². The number of nitrogens with zero attached hydrogens (tertiary/aromatic N) is 4. The predicted molar refractivity (Wildman–Crippen MR) is 79.2 cm³/mol. The molecule has 1 fully saturated rings. The summed E-state index contributed by atoms with van der Waals surface area (Å²) >= 11 is 6.06. The summed E-state index contributed by atoms with van der Waals surface area (Å²) < 4.78 is 15.1. The second-order valence-electron chi connectivity index (χ2n) is 5.42. The van der Waals surface area contributed by atoms with Crippen LogP contribution in [0.5, 0.6) is 0 Å². The van der Waals surface area contributed by atoms with E-state index >= 15 is 0 Å². The molecule has 1 saturated carbocycles. The van der Waals surface area contributed by atoms with E-state index in [-0.39, 0.29) is 17.4 Å². The molecule has 0 saturated heterocycles.